The van der Waals surface area contributed by atoms with Gasteiger partial charge in [0.25, 0.3) is 23.6 Å². The Kier molecular flexibility index (Phi) is 42.1. The van der Waals surface area contributed by atoms with Crippen molar-refractivity contribution in [1.29, 1.82) is 0 Å². The molecule has 0 aromatic heterocycles. The first-order chi connectivity index (χ1) is 21.7. The molecule has 0 aromatic rings. The van der Waals surface area contributed by atoms with E-state index in [0.29, 0.717) is 22.5 Å². The van der Waals surface area contributed by atoms with Gasteiger partial charge >= 0.3 is 0 Å². The molecular formula is C25H44I2N6O6P2S8. The van der Waals surface area contributed by atoms with Crippen molar-refractivity contribution in [3.8, 4) is 0 Å². The first-order valence-corrected chi connectivity index (χ1v) is 30.3. The molecule has 0 unspecified atom stereocenters. The summed E-state index contributed by atoms with van der Waals surface area (Å²) in [7, 11) is 12.6. The van der Waals surface area contributed by atoms with Crippen molar-refractivity contribution in [3.63, 3.8) is 0 Å². The molecule has 12 nitrogen and oxygen atoms in total. The monoisotopic (exact) mass is 1100 g/mol. The average molecular weight is 1100 g/mol. The van der Waals surface area contributed by atoms with E-state index in [0.717, 1.165) is 37.0 Å². The normalized spacial score (nSPS) is 16.0. The van der Waals surface area contributed by atoms with Crippen LogP contribution < -0.4 is 21.3 Å². The molecule has 0 saturated carbocycles. The maximum atomic E-state index is 11.5. The van der Waals surface area contributed by atoms with E-state index in [1.807, 2.05) is 21.6 Å². The number of nitrogens with one attached hydrogen (secondary N) is 4. The number of amides is 6. The molecule has 24 heteroatoms. The number of carbonyl (C=O) groups excluding carboxylic acids is 6. The van der Waals surface area contributed by atoms with Gasteiger partial charge in [-0.1, -0.05) is 94.5 Å². The zero-order chi connectivity index (χ0) is 33.5. The first kappa shape index (κ1) is 57.0. The molecule has 49 heavy (non-hydrogen) atoms. The Morgan fingerprint density at radius 1 is 0.653 bits per heavy atom. The van der Waals surface area contributed by atoms with Crippen LogP contribution in [0.5, 0.6) is 0 Å². The molecule has 4 N–H and O–H groups in total. The predicted octanol–water partition coefficient (Wildman–Crippen LogP) is 6.74. The topological polar surface area (TPSA) is 157 Å². The van der Waals surface area contributed by atoms with Gasteiger partial charge in [-0.3, -0.25) is 49.2 Å². The predicted molar refractivity (Wildman–Crippen MR) is 245 cm³/mol. The zero-order valence-electron chi connectivity index (χ0n) is 23.1. The van der Waals surface area contributed by atoms with Gasteiger partial charge < -0.3 is 10.6 Å². The molecule has 5 rings (SSSR count). The first-order valence-electron chi connectivity index (χ1n) is 12.5. The lowest BCUT2D eigenvalue weighted by atomic mass is 10.3. The van der Waals surface area contributed by atoms with E-state index in [2.05, 4.69) is 82.1 Å². The molecule has 3 saturated heterocycles. The highest BCUT2D eigenvalue weighted by molar-refractivity contribution is 15.0. The number of rotatable bonds is 15. The minimum Gasteiger partial charge on any atom is -0.355 e. The molecule has 5 aliphatic rings. The van der Waals surface area contributed by atoms with Crippen LogP contribution in [0, 0.1) is 0 Å². The van der Waals surface area contributed by atoms with Gasteiger partial charge in [0.05, 0.1) is 5.08 Å². The summed E-state index contributed by atoms with van der Waals surface area (Å²) in [6, 6.07) is 0. The average Bonchev–Trinajstić information content (AvgIpc) is 3.89. The fraction of sp³-hybridized carbons (Fsp3) is 0.600. The van der Waals surface area contributed by atoms with Gasteiger partial charge in [0.2, 0.25) is 11.8 Å². The molecule has 0 spiro atoms. The Morgan fingerprint density at radius 3 is 1.16 bits per heavy atom. The van der Waals surface area contributed by atoms with Crippen LogP contribution in [-0.4, -0.2) is 99.0 Å². The third-order valence-electron chi connectivity index (χ3n) is 4.98. The van der Waals surface area contributed by atoms with Crippen molar-refractivity contribution in [2.24, 2.45) is 0 Å². The summed E-state index contributed by atoms with van der Waals surface area (Å²) in [5.74, 6) is -1.70. The number of hydrogen-bond acceptors (Lipinski definition) is 16. The van der Waals surface area contributed by atoms with E-state index in [-0.39, 0.29) is 91.1 Å². The molecule has 5 heterocycles. The highest BCUT2D eigenvalue weighted by atomic mass is 128. The van der Waals surface area contributed by atoms with E-state index >= 15 is 0 Å². The summed E-state index contributed by atoms with van der Waals surface area (Å²) < 4.78 is 0.931. The van der Waals surface area contributed by atoms with E-state index < -0.39 is 0 Å². The Morgan fingerprint density at radius 2 is 0.939 bits per heavy atom. The largest absolute Gasteiger partial charge is 0.355 e. The Bertz CT molecular complexity index is 994. The molecule has 6 amide bonds. The van der Waals surface area contributed by atoms with E-state index in [1.165, 1.54) is 29.4 Å². The lowest BCUT2D eigenvalue weighted by Gasteiger charge is -2.13. The second-order valence-electron chi connectivity index (χ2n) is 8.00. The highest BCUT2D eigenvalue weighted by Crippen LogP contribution is 2.51. The van der Waals surface area contributed by atoms with E-state index in [9.17, 15) is 28.8 Å². The van der Waals surface area contributed by atoms with Crippen molar-refractivity contribution in [3.05, 3.63) is 24.3 Å². The summed E-state index contributed by atoms with van der Waals surface area (Å²) >= 11 is 13.1. The van der Waals surface area contributed by atoms with Crippen LogP contribution in [0.3, 0.4) is 0 Å². The van der Waals surface area contributed by atoms with Gasteiger partial charge in [-0.25, -0.2) is 0 Å². The Labute approximate surface area is 351 Å². The van der Waals surface area contributed by atoms with Crippen LogP contribution in [0.4, 0.5) is 0 Å². The van der Waals surface area contributed by atoms with Gasteiger partial charge in [-0.2, -0.15) is 0 Å². The van der Waals surface area contributed by atoms with Crippen molar-refractivity contribution < 1.29 is 28.8 Å². The van der Waals surface area contributed by atoms with E-state index in [4.69, 9.17) is 0 Å². The molecule has 0 atom stereocenters. The van der Waals surface area contributed by atoms with Crippen molar-refractivity contribution in [1.82, 2.24) is 31.1 Å². The summed E-state index contributed by atoms with van der Waals surface area (Å²) in [5, 5.41) is 13.2. The van der Waals surface area contributed by atoms with Crippen molar-refractivity contribution in [2.75, 3.05) is 44.4 Å². The minimum absolute atomic E-state index is 0. The molecule has 5 aliphatic heterocycles. The van der Waals surface area contributed by atoms with Crippen LogP contribution >= 0.6 is 116 Å². The third-order valence-corrected chi connectivity index (χ3v) is 12.3. The lowest BCUT2D eigenvalue weighted by molar-refractivity contribution is -0.139. The quantitative estimate of drug-likeness (QED) is 0.0341. The molecule has 3 fully saturated rings. The van der Waals surface area contributed by atoms with Gasteiger partial charge in [0, 0.05) is 128 Å². The highest BCUT2D eigenvalue weighted by Gasteiger charge is 2.25. The van der Waals surface area contributed by atoms with Gasteiger partial charge in [0.1, 0.15) is 9.41 Å². The Balaban J connectivity index is -0.000000310. The minimum atomic E-state index is -0.350. The molecule has 282 valence electrons. The maximum absolute atomic E-state index is 11.5. The summed E-state index contributed by atoms with van der Waals surface area (Å²) in [5.41, 5.74) is 0. The zero-order valence-corrected chi connectivity index (χ0v) is 35.7. The molecule has 0 aliphatic carbocycles. The lowest BCUT2D eigenvalue weighted by Crippen LogP contribution is -2.36. The second kappa shape index (κ2) is 36.2. The van der Waals surface area contributed by atoms with Crippen LogP contribution in [-0.2, 0) is 52.4 Å². The number of imide groups is 2. The third kappa shape index (κ3) is 31.3. The number of hydrogen-bond donors (Lipinski definition) is 4. The summed E-state index contributed by atoms with van der Waals surface area (Å²) in [4.78, 5) is 69.9. The van der Waals surface area contributed by atoms with Gasteiger partial charge in [-0.05, 0) is 23.6 Å². The molecule has 0 radical (unpaired) electrons. The fourth-order valence-corrected chi connectivity index (χ4v) is 4.89. The number of nitrogens with zero attached hydrogens (tertiary/aromatic N) is 2. The fourth-order valence-electron chi connectivity index (χ4n) is 2.88. The standard InChI is InChI=1S/2C10H13N3O3S2.CH2S2.4CH4.I2.P2S2/c2*14-7(11-4-5-12-10-17-18-10)3-6-13-8(15)1-2-9(13)16;1-2-3-1;;;;;1-2;3-1-2-4/h2*1-2,10,12H,3-6H2,(H,11,14);1H2;4*1H4;;. The SMILES string of the molecule is C.C.C.C.C1SS1.II.O=C(CCN1C(=O)C=CC1=O)NCCNC1SS1.O=C(CCN1C(=O)C=CC1=O)NCCNC1SS1.S=PP=S. The van der Waals surface area contributed by atoms with Crippen LogP contribution in [0.1, 0.15) is 42.5 Å². The van der Waals surface area contributed by atoms with E-state index in [1.54, 1.807) is 43.2 Å². The van der Waals surface area contributed by atoms with Gasteiger partial charge in [0.15, 0.2) is 0 Å². The van der Waals surface area contributed by atoms with Crippen LogP contribution in [0.2, 0.25) is 0 Å². The summed E-state index contributed by atoms with van der Waals surface area (Å²) in [6.45, 7) is 2.82. The number of halogens is 2. The molecule has 0 aromatic carbocycles. The maximum Gasteiger partial charge on any atom is 0.253 e. The number of carbonyl (C=O) groups is 6. The van der Waals surface area contributed by atoms with Crippen molar-refractivity contribution >= 4 is 175 Å². The van der Waals surface area contributed by atoms with Crippen LogP contribution in [0.15, 0.2) is 24.3 Å². The molecule has 0 bridgehead atoms. The van der Waals surface area contributed by atoms with Crippen molar-refractivity contribution in [2.45, 2.75) is 52.0 Å². The van der Waals surface area contributed by atoms with Crippen LogP contribution in [0.25, 0.3) is 0 Å². The Hall–Kier alpha value is 1.22. The smallest absolute Gasteiger partial charge is 0.253 e. The second-order valence-corrected chi connectivity index (χ2v) is 20.6. The van der Waals surface area contributed by atoms with Gasteiger partial charge in [-0.15, -0.1) is 0 Å². The summed E-state index contributed by atoms with van der Waals surface area (Å²) in [6.07, 6.45) is 5.16. The molecular weight excluding hydrogens is 1050 g/mol.